The molecule has 0 heterocycles. The first kappa shape index (κ1) is 69.6. The van der Waals surface area contributed by atoms with Gasteiger partial charge in [0.15, 0.2) is 5.96 Å². The maximum Gasteiger partial charge on any atom is 0.326 e. The molecule has 0 saturated carbocycles. The number of carbonyl (C=O) groups is 10. The van der Waals surface area contributed by atoms with Gasteiger partial charge in [0.25, 0.3) is 0 Å². The van der Waals surface area contributed by atoms with Gasteiger partial charge in [-0.1, -0.05) is 88.5 Å². The summed E-state index contributed by atoms with van der Waals surface area (Å²) in [4.78, 5) is 139. The SMILES string of the molecule is CC[C@H](C)[C@H](NC(=O)[C@H](CCSC)NC(=O)[C@H](CC(C)C)NC(=O)[C@H](CC(N)=O)NC(=O)[C@@H](NC(=O)[C@@H](N)CCSC)C(C)C)C(=O)N[C@H](C(=O)N[C@H](C(=O)N[C@@H](CCCN=C(N)N)C(=O)O)[C@@H](C)CC)[C@@H](C)CC. The van der Waals surface area contributed by atoms with Crippen molar-refractivity contribution in [2.24, 2.45) is 57.5 Å². The van der Waals surface area contributed by atoms with Crippen molar-refractivity contribution in [3.63, 3.8) is 0 Å². The van der Waals surface area contributed by atoms with Gasteiger partial charge in [-0.25, -0.2) is 4.79 Å². The van der Waals surface area contributed by atoms with Crippen LogP contribution in [0, 0.1) is 29.6 Å². The van der Waals surface area contributed by atoms with Crippen molar-refractivity contribution in [3.05, 3.63) is 0 Å². The van der Waals surface area contributed by atoms with Crippen molar-refractivity contribution in [1.82, 2.24) is 42.5 Å². The van der Waals surface area contributed by atoms with Gasteiger partial charge in [0.1, 0.15) is 48.3 Å². The van der Waals surface area contributed by atoms with Crippen LogP contribution in [0.4, 0.5) is 0 Å². The first-order valence-electron chi connectivity index (χ1n) is 25.8. The van der Waals surface area contributed by atoms with E-state index in [0.717, 1.165) is 0 Å². The fourth-order valence-corrected chi connectivity index (χ4v) is 8.42. The van der Waals surface area contributed by atoms with E-state index in [0.29, 0.717) is 37.2 Å². The van der Waals surface area contributed by atoms with Crippen LogP contribution in [0.2, 0.25) is 0 Å². The van der Waals surface area contributed by atoms with Gasteiger partial charge in [-0.2, -0.15) is 23.5 Å². The first-order chi connectivity index (χ1) is 35.1. The Morgan fingerprint density at radius 3 is 1.31 bits per heavy atom. The number of carboxylic acids is 1. The monoisotopic (exact) mass is 1100 g/mol. The highest BCUT2D eigenvalue weighted by Crippen LogP contribution is 2.17. The van der Waals surface area contributed by atoms with Gasteiger partial charge < -0.3 is 70.6 Å². The molecule has 0 rings (SSSR count). The number of nitrogens with one attached hydrogen (secondary N) is 8. The van der Waals surface area contributed by atoms with E-state index in [1.165, 1.54) is 23.5 Å². The lowest BCUT2D eigenvalue weighted by atomic mass is 9.93. The smallest absolute Gasteiger partial charge is 0.326 e. The molecule has 9 amide bonds. The van der Waals surface area contributed by atoms with Gasteiger partial charge >= 0.3 is 5.97 Å². The van der Waals surface area contributed by atoms with E-state index in [2.05, 4.69) is 47.5 Å². The average Bonchev–Trinajstić information content (AvgIpc) is 3.34. The molecular weight excluding hydrogens is 1010 g/mol. The van der Waals surface area contributed by atoms with Crippen LogP contribution in [0.1, 0.15) is 127 Å². The highest BCUT2D eigenvalue weighted by Gasteiger charge is 2.38. The number of nitrogens with two attached hydrogens (primary N) is 4. The highest BCUT2D eigenvalue weighted by atomic mass is 32.2. The number of primary amides is 1. The number of amides is 9. The van der Waals surface area contributed by atoms with Gasteiger partial charge in [0.05, 0.1) is 12.5 Å². The number of rotatable bonds is 38. The lowest BCUT2D eigenvalue weighted by Crippen LogP contribution is -2.62. The third-order valence-corrected chi connectivity index (χ3v) is 14.1. The summed E-state index contributed by atoms with van der Waals surface area (Å²) in [5.74, 6) is -9.47. The Labute approximate surface area is 452 Å². The zero-order valence-electron chi connectivity index (χ0n) is 46.2. The molecule has 26 heteroatoms. The quantitative estimate of drug-likeness (QED) is 0.0212. The molecule has 0 aliphatic carbocycles. The molecule has 0 aliphatic rings. The van der Waals surface area contributed by atoms with Crippen molar-refractivity contribution in [1.29, 1.82) is 0 Å². The second kappa shape index (κ2) is 36.6. The number of thioether (sulfide) groups is 2. The summed E-state index contributed by atoms with van der Waals surface area (Å²) in [6.45, 7) is 17.7. The molecule has 75 heavy (non-hydrogen) atoms. The molecular formula is C49H91N13O11S2. The molecule has 0 fully saturated rings. The lowest BCUT2D eigenvalue weighted by molar-refractivity contribution is -0.143. The molecule has 0 unspecified atom stereocenters. The summed E-state index contributed by atoms with van der Waals surface area (Å²) >= 11 is 2.89. The Bertz CT molecular complexity index is 1910. The number of hydrogen-bond donors (Lipinski definition) is 13. The van der Waals surface area contributed by atoms with Gasteiger partial charge in [0.2, 0.25) is 53.2 Å². The van der Waals surface area contributed by atoms with E-state index >= 15 is 0 Å². The summed E-state index contributed by atoms with van der Waals surface area (Å²) in [5, 5.41) is 31.2. The van der Waals surface area contributed by atoms with E-state index < -0.39 is 144 Å². The summed E-state index contributed by atoms with van der Waals surface area (Å²) in [7, 11) is 0. The van der Waals surface area contributed by atoms with Crippen molar-refractivity contribution >= 4 is 88.6 Å². The maximum absolute atomic E-state index is 14.3. The van der Waals surface area contributed by atoms with Crippen molar-refractivity contribution in [2.75, 3.05) is 30.6 Å². The molecule has 0 bridgehead atoms. The number of aliphatic carboxylic acids is 1. The Kier molecular flexibility index (Phi) is 34.0. The lowest BCUT2D eigenvalue weighted by Gasteiger charge is -2.32. The van der Waals surface area contributed by atoms with Crippen molar-refractivity contribution in [3.8, 4) is 0 Å². The molecule has 0 aromatic rings. The normalized spacial score (nSPS) is 16.1. The summed E-state index contributed by atoms with van der Waals surface area (Å²) < 4.78 is 0. The Morgan fingerprint density at radius 1 is 0.493 bits per heavy atom. The van der Waals surface area contributed by atoms with Gasteiger partial charge in [-0.3, -0.25) is 48.1 Å². The van der Waals surface area contributed by atoms with Crippen LogP contribution in [-0.2, 0) is 47.9 Å². The molecule has 430 valence electrons. The van der Waals surface area contributed by atoms with Crippen LogP contribution in [-0.4, -0.2) is 155 Å². The van der Waals surface area contributed by atoms with Crippen LogP contribution < -0.4 is 65.5 Å². The van der Waals surface area contributed by atoms with Gasteiger partial charge in [-0.15, -0.1) is 0 Å². The van der Waals surface area contributed by atoms with E-state index in [-0.39, 0.29) is 44.1 Å². The van der Waals surface area contributed by atoms with Crippen LogP contribution in [0.15, 0.2) is 4.99 Å². The molecule has 12 atom stereocenters. The fourth-order valence-electron chi connectivity index (χ4n) is 7.46. The largest absolute Gasteiger partial charge is 0.480 e. The molecule has 0 aromatic carbocycles. The average molecular weight is 1100 g/mol. The van der Waals surface area contributed by atoms with Crippen LogP contribution in [0.25, 0.3) is 0 Å². The summed E-state index contributed by atoms with van der Waals surface area (Å²) in [6, 6.07) is -11.1. The van der Waals surface area contributed by atoms with E-state index in [4.69, 9.17) is 22.9 Å². The molecule has 17 N–H and O–H groups in total. The second-order valence-corrected chi connectivity index (χ2v) is 21.8. The fraction of sp³-hybridized carbons (Fsp3) is 0.776. The Hall–Kier alpha value is -5.37. The molecule has 0 aliphatic heterocycles. The number of hydrogen-bond acceptors (Lipinski definition) is 14. The molecule has 24 nitrogen and oxygen atoms in total. The minimum atomic E-state index is -1.56. The molecule has 0 aromatic heterocycles. The van der Waals surface area contributed by atoms with Gasteiger partial charge in [0, 0.05) is 6.54 Å². The number of carboxylic acid groups (broad SMARTS) is 1. The summed E-state index contributed by atoms with van der Waals surface area (Å²) in [5.41, 5.74) is 22.3. The number of nitrogens with zero attached hydrogens (tertiary/aromatic N) is 1. The molecule has 0 radical (unpaired) electrons. The minimum absolute atomic E-state index is 0.00251. The third-order valence-electron chi connectivity index (χ3n) is 12.8. The predicted molar refractivity (Wildman–Crippen MR) is 293 cm³/mol. The second-order valence-electron chi connectivity index (χ2n) is 19.8. The summed E-state index contributed by atoms with van der Waals surface area (Å²) in [6.07, 6.45) is 4.99. The van der Waals surface area contributed by atoms with Crippen molar-refractivity contribution < 1.29 is 53.1 Å². The predicted octanol–water partition coefficient (Wildman–Crippen LogP) is -0.448. The highest BCUT2D eigenvalue weighted by molar-refractivity contribution is 7.98. The first-order valence-corrected chi connectivity index (χ1v) is 28.6. The van der Waals surface area contributed by atoms with E-state index in [1.807, 2.05) is 13.2 Å². The van der Waals surface area contributed by atoms with E-state index in [9.17, 15) is 53.1 Å². The number of aliphatic imine (C=N–C) groups is 1. The maximum atomic E-state index is 14.3. The van der Waals surface area contributed by atoms with Crippen LogP contribution in [0.5, 0.6) is 0 Å². The molecule has 0 spiro atoms. The topological polar surface area (TPSA) is 404 Å². The zero-order valence-corrected chi connectivity index (χ0v) is 47.8. The van der Waals surface area contributed by atoms with Crippen molar-refractivity contribution in [2.45, 2.75) is 181 Å². The standard InChI is InChI=1S/C49H91N13O11S2/c1-13-27(8)37(45(69)56-32(48(72)73)17-16-20-54-49(52)53)61-47(71)39(29(10)15-3)62-46(70)38(28(9)14-2)60-41(65)31(19-22-75-12)55-42(66)33(23-25(4)5)57-43(67)34(24-35(51)63)58-44(68)36(26(6)7)59-40(64)30(50)18-21-74-11/h25-34,36-39H,13-24,50H2,1-12H3,(H2,51,63)(H,55,66)(H,56,69)(H,57,67)(H,58,68)(H,59,64)(H,60,65)(H,61,71)(H,62,70)(H,72,73)(H4,52,53,54)/t27-,28-,29-,30-,31-,32-,33-,34-,36-,37-,38-,39-/m0/s1. The molecule has 0 saturated heterocycles. The van der Waals surface area contributed by atoms with Gasteiger partial charge in [-0.05, 0) is 85.7 Å². The minimum Gasteiger partial charge on any atom is -0.480 e. The Balaban J connectivity index is 6.67. The van der Waals surface area contributed by atoms with Crippen LogP contribution >= 0.6 is 23.5 Å². The van der Waals surface area contributed by atoms with Crippen LogP contribution in [0.3, 0.4) is 0 Å². The Morgan fingerprint density at radius 2 is 0.880 bits per heavy atom. The number of guanidine groups is 1. The number of carbonyl (C=O) groups excluding carboxylic acids is 9. The van der Waals surface area contributed by atoms with E-state index in [1.54, 1.807) is 68.6 Å². The third kappa shape index (κ3) is 26.3. The zero-order chi connectivity index (χ0) is 57.7.